The standard InChI is InChI=1S/C18H26N4O3/c1-12(16-20-17(21-25-16)18(2,3)4)22(5)11-15(23)19-13-7-9-14(24-6)10-8-13/h7-10,12H,11H2,1-6H3,(H,19,23). The zero-order valence-electron chi connectivity index (χ0n) is 15.7. The lowest BCUT2D eigenvalue weighted by Gasteiger charge is -2.21. The van der Waals surface area contributed by atoms with Crippen molar-refractivity contribution in [2.24, 2.45) is 0 Å². The number of anilines is 1. The maximum atomic E-state index is 12.2. The number of amides is 1. The molecule has 2 aromatic rings. The smallest absolute Gasteiger partial charge is 0.243 e. The molecule has 1 amide bonds. The van der Waals surface area contributed by atoms with Gasteiger partial charge in [0.2, 0.25) is 11.8 Å². The maximum Gasteiger partial charge on any atom is 0.243 e. The van der Waals surface area contributed by atoms with Gasteiger partial charge in [-0.25, -0.2) is 0 Å². The number of nitrogens with one attached hydrogen (secondary N) is 1. The Morgan fingerprint density at radius 1 is 1.32 bits per heavy atom. The van der Waals surface area contributed by atoms with Gasteiger partial charge in [-0.1, -0.05) is 25.9 Å². The highest BCUT2D eigenvalue weighted by Crippen LogP contribution is 2.23. The fourth-order valence-corrected chi connectivity index (χ4v) is 2.14. The highest BCUT2D eigenvalue weighted by atomic mass is 16.5. The highest BCUT2D eigenvalue weighted by molar-refractivity contribution is 5.92. The second kappa shape index (κ2) is 7.65. The molecule has 0 aliphatic rings. The molecule has 0 radical (unpaired) electrons. The van der Waals surface area contributed by atoms with E-state index in [1.165, 1.54) is 0 Å². The van der Waals surface area contributed by atoms with Crippen molar-refractivity contribution in [2.45, 2.75) is 39.2 Å². The van der Waals surface area contributed by atoms with Crippen LogP contribution in [0.4, 0.5) is 5.69 Å². The van der Waals surface area contributed by atoms with Crippen molar-refractivity contribution in [3.05, 3.63) is 36.0 Å². The molecule has 1 atom stereocenters. The first kappa shape index (κ1) is 18.9. The van der Waals surface area contributed by atoms with Crippen LogP contribution in [0.2, 0.25) is 0 Å². The van der Waals surface area contributed by atoms with Crippen molar-refractivity contribution in [3.63, 3.8) is 0 Å². The Kier molecular flexibility index (Phi) is 5.79. The van der Waals surface area contributed by atoms with E-state index in [9.17, 15) is 4.79 Å². The van der Waals surface area contributed by atoms with Gasteiger partial charge in [0.05, 0.1) is 19.7 Å². The SMILES string of the molecule is COc1ccc(NC(=O)CN(C)C(C)c2nc(C(C)(C)C)no2)cc1. The number of carbonyl (C=O) groups is 1. The number of ether oxygens (including phenoxy) is 1. The van der Waals surface area contributed by atoms with E-state index in [0.29, 0.717) is 11.7 Å². The van der Waals surface area contributed by atoms with Crippen LogP contribution in [-0.4, -0.2) is 41.6 Å². The number of hydrogen-bond donors (Lipinski definition) is 1. The third-order valence-corrected chi connectivity index (χ3v) is 3.90. The molecular formula is C18H26N4O3. The first-order chi connectivity index (χ1) is 11.7. The Hall–Kier alpha value is -2.41. The van der Waals surface area contributed by atoms with E-state index in [-0.39, 0.29) is 23.9 Å². The van der Waals surface area contributed by atoms with E-state index < -0.39 is 0 Å². The first-order valence-electron chi connectivity index (χ1n) is 8.19. The van der Waals surface area contributed by atoms with Crippen LogP contribution in [0.25, 0.3) is 0 Å². The molecule has 0 saturated heterocycles. The lowest BCUT2D eigenvalue weighted by molar-refractivity contribution is -0.117. The Morgan fingerprint density at radius 2 is 1.96 bits per heavy atom. The van der Waals surface area contributed by atoms with Crippen LogP contribution >= 0.6 is 0 Å². The molecule has 0 saturated carbocycles. The molecule has 7 heteroatoms. The van der Waals surface area contributed by atoms with Crippen LogP contribution < -0.4 is 10.1 Å². The minimum Gasteiger partial charge on any atom is -0.497 e. The lowest BCUT2D eigenvalue weighted by atomic mass is 9.96. The minimum absolute atomic E-state index is 0.116. The molecule has 7 nitrogen and oxygen atoms in total. The van der Waals surface area contributed by atoms with Gasteiger partial charge < -0.3 is 14.6 Å². The molecule has 1 heterocycles. The number of likely N-dealkylation sites (N-methyl/N-ethyl adjacent to an activating group) is 1. The predicted molar refractivity (Wildman–Crippen MR) is 95.7 cm³/mol. The Balaban J connectivity index is 1.94. The van der Waals surface area contributed by atoms with Gasteiger partial charge in [-0.2, -0.15) is 4.98 Å². The summed E-state index contributed by atoms with van der Waals surface area (Å²) < 4.78 is 10.5. The van der Waals surface area contributed by atoms with Gasteiger partial charge >= 0.3 is 0 Å². The molecule has 0 aliphatic carbocycles. The van der Waals surface area contributed by atoms with Gasteiger partial charge in [0, 0.05) is 11.1 Å². The quantitative estimate of drug-likeness (QED) is 0.866. The number of aromatic nitrogens is 2. The zero-order valence-corrected chi connectivity index (χ0v) is 15.7. The van der Waals surface area contributed by atoms with Gasteiger partial charge in [-0.3, -0.25) is 9.69 Å². The summed E-state index contributed by atoms with van der Waals surface area (Å²) >= 11 is 0. The van der Waals surface area contributed by atoms with Crippen molar-refractivity contribution in [1.82, 2.24) is 15.0 Å². The fraction of sp³-hybridized carbons (Fsp3) is 0.500. The number of carbonyl (C=O) groups excluding carboxylic acids is 1. The number of hydrogen-bond acceptors (Lipinski definition) is 6. The maximum absolute atomic E-state index is 12.2. The molecule has 25 heavy (non-hydrogen) atoms. The predicted octanol–water partition coefficient (Wildman–Crippen LogP) is 3.01. The molecule has 2 rings (SSSR count). The summed E-state index contributed by atoms with van der Waals surface area (Å²) in [7, 11) is 3.45. The number of benzene rings is 1. The van der Waals surface area contributed by atoms with Crippen LogP contribution in [0.5, 0.6) is 5.75 Å². The van der Waals surface area contributed by atoms with Gasteiger partial charge in [0.25, 0.3) is 0 Å². The average molecular weight is 346 g/mol. The van der Waals surface area contributed by atoms with Crippen molar-refractivity contribution in [1.29, 1.82) is 0 Å². The second-order valence-corrected chi connectivity index (χ2v) is 7.07. The Bertz CT molecular complexity index is 704. The van der Waals surface area contributed by atoms with Crippen molar-refractivity contribution < 1.29 is 14.1 Å². The lowest BCUT2D eigenvalue weighted by Crippen LogP contribution is -2.32. The van der Waals surface area contributed by atoms with E-state index in [0.717, 1.165) is 11.4 Å². The summed E-state index contributed by atoms with van der Waals surface area (Å²) in [5, 5.41) is 6.89. The minimum atomic E-state index is -0.175. The average Bonchev–Trinajstić information content (AvgIpc) is 3.05. The second-order valence-electron chi connectivity index (χ2n) is 7.07. The summed E-state index contributed by atoms with van der Waals surface area (Å²) in [6, 6.07) is 7.04. The van der Waals surface area contributed by atoms with Crippen LogP contribution in [0.1, 0.15) is 45.5 Å². The largest absolute Gasteiger partial charge is 0.497 e. The Morgan fingerprint density at radius 3 is 2.48 bits per heavy atom. The molecule has 136 valence electrons. The van der Waals surface area contributed by atoms with Crippen molar-refractivity contribution in [3.8, 4) is 5.75 Å². The van der Waals surface area contributed by atoms with Gasteiger partial charge in [0.1, 0.15) is 5.75 Å². The molecule has 1 aromatic carbocycles. The van der Waals surface area contributed by atoms with E-state index in [2.05, 4.69) is 15.5 Å². The van der Waals surface area contributed by atoms with Gasteiger partial charge in [-0.15, -0.1) is 0 Å². The zero-order chi connectivity index (χ0) is 18.6. The third-order valence-electron chi connectivity index (χ3n) is 3.90. The topological polar surface area (TPSA) is 80.5 Å². The molecule has 1 unspecified atom stereocenters. The van der Waals surface area contributed by atoms with Crippen LogP contribution in [-0.2, 0) is 10.2 Å². The molecule has 0 bridgehead atoms. The fourth-order valence-electron chi connectivity index (χ4n) is 2.14. The number of methoxy groups -OCH3 is 1. The van der Waals surface area contributed by atoms with E-state index in [1.54, 1.807) is 31.4 Å². The number of rotatable bonds is 6. The first-order valence-corrected chi connectivity index (χ1v) is 8.19. The van der Waals surface area contributed by atoms with Crippen LogP contribution in [0.3, 0.4) is 0 Å². The monoisotopic (exact) mass is 346 g/mol. The van der Waals surface area contributed by atoms with E-state index in [4.69, 9.17) is 9.26 Å². The molecule has 0 fully saturated rings. The summed E-state index contributed by atoms with van der Waals surface area (Å²) in [6.45, 7) is 8.22. The summed E-state index contributed by atoms with van der Waals surface area (Å²) in [5.41, 5.74) is 0.547. The molecule has 0 aliphatic heterocycles. The molecule has 0 spiro atoms. The number of nitrogens with zero attached hydrogens (tertiary/aromatic N) is 3. The molecular weight excluding hydrogens is 320 g/mol. The molecule has 1 N–H and O–H groups in total. The van der Waals surface area contributed by atoms with Gasteiger partial charge in [0.15, 0.2) is 5.82 Å². The summed E-state index contributed by atoms with van der Waals surface area (Å²) in [4.78, 5) is 18.5. The van der Waals surface area contributed by atoms with Crippen molar-refractivity contribution >= 4 is 11.6 Å². The van der Waals surface area contributed by atoms with Crippen molar-refractivity contribution in [2.75, 3.05) is 26.0 Å². The van der Waals surface area contributed by atoms with Crippen LogP contribution in [0, 0.1) is 0 Å². The van der Waals surface area contributed by atoms with E-state index >= 15 is 0 Å². The van der Waals surface area contributed by atoms with Gasteiger partial charge in [-0.05, 0) is 38.2 Å². The third kappa shape index (κ3) is 5.03. The summed E-state index contributed by atoms with van der Waals surface area (Å²) in [6.07, 6.45) is 0. The van der Waals surface area contributed by atoms with E-state index in [1.807, 2.05) is 39.6 Å². The highest BCUT2D eigenvalue weighted by Gasteiger charge is 2.25. The normalized spacial score (nSPS) is 12.9. The molecule has 1 aromatic heterocycles. The summed E-state index contributed by atoms with van der Waals surface area (Å²) in [5.74, 6) is 1.79. The Labute approximate surface area is 148 Å². The van der Waals surface area contributed by atoms with Crippen LogP contribution in [0.15, 0.2) is 28.8 Å².